The molecule has 26 heteroatoms. The fourth-order valence-corrected chi connectivity index (χ4v) is 13.3. The molecule has 93 heavy (non-hydrogen) atoms. The van der Waals surface area contributed by atoms with Gasteiger partial charge >= 0.3 is 12.4 Å². The zero-order chi connectivity index (χ0) is 66.6. The fourth-order valence-electron chi connectivity index (χ4n) is 10.4. The van der Waals surface area contributed by atoms with Crippen LogP contribution in [0.4, 0.5) is 30.7 Å². The number of H-pyrrole nitrogens is 3. The van der Waals surface area contributed by atoms with E-state index in [0.29, 0.717) is 63.8 Å². The molecule has 0 aliphatic rings. The van der Waals surface area contributed by atoms with E-state index in [9.17, 15) is 56.0 Å². The molecule has 480 valence electrons. The summed E-state index contributed by atoms with van der Waals surface area (Å²) in [6, 6.07) is 51.5. The molecule has 3 heterocycles. The molecule has 12 aromatic rings. The van der Waals surface area contributed by atoms with Gasteiger partial charge in [0.15, 0.2) is 0 Å². The summed E-state index contributed by atoms with van der Waals surface area (Å²) in [5.41, 5.74) is 8.17. The molecule has 0 aliphatic carbocycles. The Bertz CT molecular complexity index is 5080. The van der Waals surface area contributed by atoms with Crippen LogP contribution in [-0.2, 0) is 80.9 Å². The highest BCUT2D eigenvalue weighted by Gasteiger charge is 2.34. The lowest BCUT2D eigenvalue weighted by atomic mass is 10.0. The zero-order valence-electron chi connectivity index (χ0n) is 49.4. The molecule has 9 aromatic carbocycles. The second-order valence-electron chi connectivity index (χ2n) is 21.7. The van der Waals surface area contributed by atoms with Crippen molar-refractivity contribution in [2.75, 3.05) is 14.1 Å². The maximum absolute atomic E-state index is 13.3. The van der Waals surface area contributed by atoms with Crippen LogP contribution in [0.15, 0.2) is 209 Å². The van der Waals surface area contributed by atoms with Crippen molar-refractivity contribution in [3.05, 3.63) is 250 Å². The van der Waals surface area contributed by atoms with Gasteiger partial charge in [0.05, 0.1) is 58.9 Å². The Hall–Kier alpha value is -9.08. The van der Waals surface area contributed by atoms with Crippen molar-refractivity contribution >= 4 is 74.8 Å². The SMILES string of the molecule is CN(C)S(=O)(=O)c1ccccc1-c1ccc2nc(CCc3ccc(C(F)(F)F)cc3)[nH]c2c1.NS(=O)(=O)c1ccccc1-c1ccc2nc(CCc3ccc(F)cc3C(F)(F)F)[nH]c2c1.NS(=O)(=O)c1ccccc1-c1ccc2nc(CCc3ccccc3Cl)[nH]c2c1. The highest BCUT2D eigenvalue weighted by molar-refractivity contribution is 7.89. The predicted molar refractivity (Wildman–Crippen MR) is 345 cm³/mol. The highest BCUT2D eigenvalue weighted by Crippen LogP contribution is 2.36. The van der Waals surface area contributed by atoms with E-state index < -0.39 is 59.4 Å². The van der Waals surface area contributed by atoms with E-state index in [2.05, 4.69) is 29.9 Å². The van der Waals surface area contributed by atoms with Crippen molar-refractivity contribution in [1.82, 2.24) is 34.2 Å². The summed E-state index contributed by atoms with van der Waals surface area (Å²) in [5, 5.41) is 11.4. The lowest BCUT2D eigenvalue weighted by molar-refractivity contribution is -0.138. The number of aromatic nitrogens is 6. The van der Waals surface area contributed by atoms with Crippen molar-refractivity contribution in [1.29, 1.82) is 0 Å². The number of aromatic amines is 3. The number of hydrogen-bond acceptors (Lipinski definition) is 9. The van der Waals surface area contributed by atoms with Crippen LogP contribution in [0.25, 0.3) is 66.5 Å². The van der Waals surface area contributed by atoms with Crippen molar-refractivity contribution in [2.45, 2.75) is 65.6 Å². The van der Waals surface area contributed by atoms with Crippen molar-refractivity contribution in [3.63, 3.8) is 0 Å². The van der Waals surface area contributed by atoms with Crippen LogP contribution in [0, 0.1) is 5.82 Å². The third kappa shape index (κ3) is 16.1. The number of halogens is 8. The number of nitrogens with two attached hydrogens (primary N) is 2. The third-order valence-electron chi connectivity index (χ3n) is 15.1. The molecule has 3 aromatic heterocycles. The van der Waals surface area contributed by atoms with Gasteiger partial charge in [-0.05, 0) is 138 Å². The molecule has 12 rings (SSSR count). The largest absolute Gasteiger partial charge is 0.416 e. The Morgan fingerprint density at radius 3 is 1.26 bits per heavy atom. The summed E-state index contributed by atoms with van der Waals surface area (Å²) in [5.74, 6) is 1.06. The Balaban J connectivity index is 0.000000153. The van der Waals surface area contributed by atoms with Gasteiger partial charge in [0.25, 0.3) is 0 Å². The average Bonchev–Trinajstić information content (AvgIpc) is 1.80. The van der Waals surface area contributed by atoms with E-state index in [-0.39, 0.29) is 33.1 Å². The van der Waals surface area contributed by atoms with E-state index in [0.717, 1.165) is 92.3 Å². The number of benzene rings is 9. The monoisotopic (exact) mass is 1350 g/mol. The quantitative estimate of drug-likeness (QED) is 0.0577. The van der Waals surface area contributed by atoms with Gasteiger partial charge in [0, 0.05) is 55.1 Å². The van der Waals surface area contributed by atoms with Crippen molar-refractivity contribution < 1.29 is 56.0 Å². The van der Waals surface area contributed by atoms with Gasteiger partial charge < -0.3 is 15.0 Å². The van der Waals surface area contributed by atoms with Gasteiger partial charge in [-0.1, -0.05) is 121 Å². The molecular formula is C67H57ClF7N9O6S3. The minimum Gasteiger partial charge on any atom is -0.342 e. The van der Waals surface area contributed by atoms with Crippen LogP contribution < -0.4 is 10.3 Å². The van der Waals surface area contributed by atoms with Gasteiger partial charge in [-0.15, -0.1) is 0 Å². The molecule has 0 saturated carbocycles. The minimum absolute atomic E-state index is 0.00997. The number of primary sulfonamides is 2. The fraction of sp³-hybridized carbons (Fsp3) is 0.149. The molecule has 0 atom stereocenters. The first-order valence-electron chi connectivity index (χ1n) is 28.5. The van der Waals surface area contributed by atoms with Gasteiger partial charge in [-0.25, -0.2) is 59.2 Å². The third-order valence-corrected chi connectivity index (χ3v) is 19.3. The van der Waals surface area contributed by atoms with Crippen LogP contribution in [0.5, 0.6) is 0 Å². The van der Waals surface area contributed by atoms with E-state index in [1.54, 1.807) is 78.9 Å². The Kier molecular flexibility index (Phi) is 19.6. The number of fused-ring (bicyclic) bond motifs is 3. The first-order chi connectivity index (χ1) is 44.0. The Labute approximate surface area is 535 Å². The lowest BCUT2D eigenvalue weighted by Crippen LogP contribution is -2.22. The molecular weight excluding hydrogens is 1290 g/mol. The molecule has 0 unspecified atom stereocenters. The Morgan fingerprint density at radius 1 is 0.441 bits per heavy atom. The number of nitrogens with one attached hydrogen (secondary N) is 3. The second-order valence-corrected chi connectivity index (χ2v) is 27.3. The van der Waals surface area contributed by atoms with Gasteiger partial charge in [0.2, 0.25) is 30.1 Å². The van der Waals surface area contributed by atoms with Gasteiger partial charge in [0.1, 0.15) is 23.3 Å². The summed E-state index contributed by atoms with van der Waals surface area (Å²) in [6.45, 7) is 0. The molecule has 0 fully saturated rings. The highest BCUT2D eigenvalue weighted by atomic mass is 35.5. The van der Waals surface area contributed by atoms with Crippen LogP contribution in [0.2, 0.25) is 5.02 Å². The van der Waals surface area contributed by atoms with E-state index in [1.807, 2.05) is 60.7 Å². The van der Waals surface area contributed by atoms with E-state index >= 15 is 0 Å². The molecule has 0 radical (unpaired) electrons. The number of nitrogens with zero attached hydrogens (tertiary/aromatic N) is 4. The first-order valence-corrected chi connectivity index (χ1v) is 33.4. The van der Waals surface area contributed by atoms with Crippen LogP contribution in [0.3, 0.4) is 0 Å². The molecule has 0 saturated heterocycles. The molecule has 0 spiro atoms. The molecule has 0 aliphatic heterocycles. The topological polar surface area (TPSA) is 244 Å². The van der Waals surface area contributed by atoms with E-state index in [1.165, 1.54) is 42.7 Å². The standard InChI is InChI=1S/C24H22F3N3O2S.C22H17F4N3O2S.C21H18ClN3O2S/c1-30(2)33(31,32)22-6-4-3-5-19(22)17-10-13-20-21(15-17)29-23(28-20)14-9-16-7-11-18(12-8-16)24(25,26)27;23-15-8-5-13(17(12-15)22(24,25)26)7-10-21-28-18-9-6-14(11-19(18)29-21)16-3-1-2-4-20(16)32(27,30)31;22-17-7-3-1-5-14(17)10-12-21-24-18-11-9-15(13-19(18)25-21)16-6-2-4-8-20(16)28(23,26)27/h3-8,10-13,15H,9,14H2,1-2H3,(H,28,29);1-6,8-9,11-12H,7,10H2,(H,28,29)(H2,27,30,31);1-9,11,13H,10,12H2,(H,24,25)(H2,23,26,27). The van der Waals surface area contributed by atoms with Crippen LogP contribution in [0.1, 0.15) is 45.3 Å². The molecule has 0 bridgehead atoms. The van der Waals surface area contributed by atoms with Crippen LogP contribution >= 0.6 is 11.6 Å². The predicted octanol–water partition coefficient (Wildman–Crippen LogP) is 14.4. The smallest absolute Gasteiger partial charge is 0.342 e. The summed E-state index contributed by atoms with van der Waals surface area (Å²) in [4.78, 5) is 23.5. The second kappa shape index (κ2) is 27.2. The summed E-state index contributed by atoms with van der Waals surface area (Å²) in [6.07, 6.45) is -6.25. The normalized spacial score (nSPS) is 12.3. The van der Waals surface area contributed by atoms with Crippen LogP contribution in [-0.4, -0.2) is 73.6 Å². The first kappa shape index (κ1) is 66.8. The number of aryl methyl sites for hydroxylation is 6. The maximum Gasteiger partial charge on any atom is 0.416 e. The maximum atomic E-state index is 13.3. The number of imidazole rings is 3. The number of sulfonamides is 3. The summed E-state index contributed by atoms with van der Waals surface area (Å²) in [7, 11) is -8.38. The van der Waals surface area contributed by atoms with E-state index in [4.69, 9.17) is 21.9 Å². The molecule has 15 nitrogen and oxygen atoms in total. The van der Waals surface area contributed by atoms with Gasteiger partial charge in [-0.2, -0.15) is 26.3 Å². The summed E-state index contributed by atoms with van der Waals surface area (Å²) >= 11 is 6.22. The average molecular weight is 1350 g/mol. The lowest BCUT2D eigenvalue weighted by Gasteiger charge is -2.15. The molecule has 7 N–H and O–H groups in total. The van der Waals surface area contributed by atoms with Crippen molar-refractivity contribution in [2.24, 2.45) is 10.3 Å². The zero-order valence-corrected chi connectivity index (χ0v) is 52.6. The number of hydrogen-bond donors (Lipinski definition) is 5. The van der Waals surface area contributed by atoms with Gasteiger partial charge in [-0.3, -0.25) is 0 Å². The number of rotatable bonds is 16. The molecule has 0 amide bonds. The summed E-state index contributed by atoms with van der Waals surface area (Å²) < 4.78 is 165. The van der Waals surface area contributed by atoms with Crippen molar-refractivity contribution in [3.8, 4) is 33.4 Å². The minimum atomic E-state index is -4.66. The Morgan fingerprint density at radius 2 is 0.839 bits per heavy atom. The number of alkyl halides is 6.